The van der Waals surface area contributed by atoms with Crippen LogP contribution in [0.5, 0.6) is 5.75 Å². The number of halogens is 3. The highest BCUT2D eigenvalue weighted by Crippen LogP contribution is 2.46. The molecule has 38 heavy (non-hydrogen) atoms. The fourth-order valence-corrected chi connectivity index (χ4v) is 5.29. The maximum Gasteiger partial charge on any atom is 0.416 e. The Labute approximate surface area is 222 Å². The van der Waals surface area contributed by atoms with Gasteiger partial charge in [0.2, 0.25) is 0 Å². The largest absolute Gasteiger partial charge is 0.505 e. The van der Waals surface area contributed by atoms with E-state index in [1.807, 2.05) is 30.3 Å². The van der Waals surface area contributed by atoms with Crippen molar-refractivity contribution in [3.63, 3.8) is 0 Å². The first-order chi connectivity index (χ1) is 18.1. The second-order valence-electron chi connectivity index (χ2n) is 10.6. The number of aromatic hydroxyl groups is 1. The number of nitrogens with zero attached hydrogens (tertiary/aromatic N) is 3. The van der Waals surface area contributed by atoms with Crippen molar-refractivity contribution in [2.75, 3.05) is 0 Å². The summed E-state index contributed by atoms with van der Waals surface area (Å²) in [5.41, 5.74) is 1.73. The van der Waals surface area contributed by atoms with E-state index < -0.39 is 11.7 Å². The zero-order chi connectivity index (χ0) is 27.3. The number of rotatable bonds is 11. The van der Waals surface area contributed by atoms with E-state index in [1.165, 1.54) is 42.1 Å². The van der Waals surface area contributed by atoms with Crippen LogP contribution in [0.15, 0.2) is 66.7 Å². The zero-order valence-corrected chi connectivity index (χ0v) is 22.3. The molecule has 0 fully saturated rings. The monoisotopic (exact) mass is 523 g/mol. The van der Waals surface area contributed by atoms with Gasteiger partial charge in [-0.1, -0.05) is 102 Å². The number of phenolic OH excluding ortho intramolecular Hbond substituents is 1. The molecule has 0 saturated carbocycles. The van der Waals surface area contributed by atoms with Gasteiger partial charge in [-0.05, 0) is 47.6 Å². The van der Waals surface area contributed by atoms with Gasteiger partial charge in [0.25, 0.3) is 0 Å². The first-order valence-electron chi connectivity index (χ1n) is 13.4. The van der Waals surface area contributed by atoms with Gasteiger partial charge in [0.1, 0.15) is 22.5 Å². The first-order valence-corrected chi connectivity index (χ1v) is 13.4. The van der Waals surface area contributed by atoms with Crippen molar-refractivity contribution in [1.29, 1.82) is 0 Å². The van der Waals surface area contributed by atoms with Crippen LogP contribution in [0.2, 0.25) is 0 Å². The molecule has 0 bridgehead atoms. The summed E-state index contributed by atoms with van der Waals surface area (Å²) < 4.78 is 39.6. The fraction of sp³-hybridized carbons (Fsp3) is 0.419. The molecule has 1 atom stereocenters. The predicted octanol–water partition coefficient (Wildman–Crippen LogP) is 8.96. The minimum atomic E-state index is -4.47. The number of para-hydroxylation sites is 1. The second-order valence-corrected chi connectivity index (χ2v) is 10.6. The van der Waals surface area contributed by atoms with Crippen molar-refractivity contribution in [1.82, 2.24) is 15.0 Å². The Morgan fingerprint density at radius 2 is 1.47 bits per heavy atom. The molecular weight excluding hydrogens is 487 g/mol. The molecule has 4 nitrogen and oxygen atoms in total. The van der Waals surface area contributed by atoms with Crippen molar-refractivity contribution in [2.45, 2.75) is 83.2 Å². The Morgan fingerprint density at radius 1 is 0.789 bits per heavy atom. The van der Waals surface area contributed by atoms with Gasteiger partial charge in [-0.2, -0.15) is 13.2 Å². The lowest BCUT2D eigenvalue weighted by Crippen LogP contribution is -2.27. The van der Waals surface area contributed by atoms with Crippen LogP contribution in [0, 0.1) is 0 Å². The summed E-state index contributed by atoms with van der Waals surface area (Å²) in [5.74, 6) is 0.0710. The summed E-state index contributed by atoms with van der Waals surface area (Å²) in [5, 5.41) is 20.2. The van der Waals surface area contributed by atoms with E-state index in [1.54, 1.807) is 6.07 Å². The molecule has 0 aliphatic carbocycles. The molecule has 7 heteroatoms. The van der Waals surface area contributed by atoms with E-state index in [0.29, 0.717) is 11.2 Å². The van der Waals surface area contributed by atoms with Gasteiger partial charge in [0.15, 0.2) is 0 Å². The second kappa shape index (κ2) is 11.6. The topological polar surface area (TPSA) is 50.9 Å². The zero-order valence-electron chi connectivity index (χ0n) is 22.3. The minimum absolute atomic E-state index is 0.0119. The van der Waals surface area contributed by atoms with E-state index in [0.717, 1.165) is 37.0 Å². The van der Waals surface area contributed by atoms with E-state index in [2.05, 4.69) is 43.1 Å². The predicted molar refractivity (Wildman–Crippen MR) is 146 cm³/mol. The normalized spacial score (nSPS) is 13.2. The summed E-state index contributed by atoms with van der Waals surface area (Å²) in [4.78, 5) is 1.24. The van der Waals surface area contributed by atoms with Crippen LogP contribution in [0.1, 0.15) is 88.3 Å². The molecular formula is C31H36F3N3O. The lowest BCUT2D eigenvalue weighted by Gasteiger charge is -2.36. The standard InChI is InChI=1S/C31H36F3N3O/c1-4-5-6-7-8-12-17-25(30(2,3)22-14-10-9-11-15-22)24-16-13-18-28(29(24)38)37-35-26-20-19-23(31(32,33)34)21-27(26)36-37/h9-11,13-16,18-21,25,38H,4-8,12,17H2,1-3H3. The first kappa shape index (κ1) is 27.7. The van der Waals surface area contributed by atoms with Crippen LogP contribution in [0.4, 0.5) is 13.2 Å². The molecule has 1 N–H and O–H groups in total. The third-order valence-corrected chi connectivity index (χ3v) is 7.58. The number of alkyl halides is 3. The van der Waals surface area contributed by atoms with Crippen LogP contribution in [-0.4, -0.2) is 20.1 Å². The van der Waals surface area contributed by atoms with Crippen LogP contribution in [-0.2, 0) is 11.6 Å². The number of aromatic nitrogens is 3. The lowest BCUT2D eigenvalue weighted by molar-refractivity contribution is -0.137. The van der Waals surface area contributed by atoms with Crippen LogP contribution >= 0.6 is 0 Å². The molecule has 0 amide bonds. The van der Waals surface area contributed by atoms with Crippen LogP contribution in [0.25, 0.3) is 16.7 Å². The van der Waals surface area contributed by atoms with Gasteiger partial charge >= 0.3 is 6.18 Å². The third kappa shape index (κ3) is 6.03. The molecule has 0 radical (unpaired) electrons. The molecule has 1 unspecified atom stereocenters. The number of hydrogen-bond acceptors (Lipinski definition) is 3. The highest BCUT2D eigenvalue weighted by atomic mass is 19.4. The quantitative estimate of drug-likeness (QED) is 0.200. The van der Waals surface area contributed by atoms with Crippen molar-refractivity contribution in [3.05, 3.63) is 83.4 Å². The molecule has 3 aromatic carbocycles. The number of fused-ring (bicyclic) bond motifs is 1. The van der Waals surface area contributed by atoms with Crippen LogP contribution < -0.4 is 0 Å². The Morgan fingerprint density at radius 3 is 2.18 bits per heavy atom. The Balaban J connectivity index is 1.70. The molecule has 1 heterocycles. The van der Waals surface area contributed by atoms with Gasteiger partial charge in [0, 0.05) is 5.56 Å². The summed E-state index contributed by atoms with van der Waals surface area (Å²) in [7, 11) is 0. The molecule has 1 aromatic heterocycles. The van der Waals surface area contributed by atoms with Crippen LogP contribution in [0.3, 0.4) is 0 Å². The number of benzene rings is 3. The molecule has 0 aliphatic rings. The lowest BCUT2D eigenvalue weighted by atomic mass is 9.68. The highest BCUT2D eigenvalue weighted by molar-refractivity contribution is 5.75. The van der Waals surface area contributed by atoms with Gasteiger partial charge in [-0.25, -0.2) is 0 Å². The molecule has 0 saturated heterocycles. The van der Waals surface area contributed by atoms with Crippen molar-refractivity contribution in [3.8, 4) is 11.4 Å². The average molecular weight is 524 g/mol. The highest BCUT2D eigenvalue weighted by Gasteiger charge is 2.35. The van der Waals surface area contributed by atoms with E-state index in [4.69, 9.17) is 0 Å². The van der Waals surface area contributed by atoms with Gasteiger partial charge in [-0.15, -0.1) is 15.0 Å². The van der Waals surface area contributed by atoms with Gasteiger partial charge in [-0.3, -0.25) is 0 Å². The minimum Gasteiger partial charge on any atom is -0.505 e. The maximum atomic E-state index is 13.2. The summed E-state index contributed by atoms with van der Waals surface area (Å²) in [6, 6.07) is 19.1. The third-order valence-electron chi connectivity index (χ3n) is 7.58. The number of phenols is 1. The van der Waals surface area contributed by atoms with Gasteiger partial charge in [0.05, 0.1) is 5.56 Å². The van der Waals surface area contributed by atoms with E-state index in [9.17, 15) is 18.3 Å². The van der Waals surface area contributed by atoms with Crippen molar-refractivity contribution in [2.24, 2.45) is 0 Å². The Bertz CT molecular complexity index is 1350. The summed E-state index contributed by atoms with van der Waals surface area (Å²) >= 11 is 0. The summed E-state index contributed by atoms with van der Waals surface area (Å²) in [6.07, 6.45) is 3.49. The molecule has 4 aromatic rings. The Kier molecular flexibility index (Phi) is 8.44. The van der Waals surface area contributed by atoms with E-state index >= 15 is 0 Å². The fourth-order valence-electron chi connectivity index (χ4n) is 5.29. The smallest absolute Gasteiger partial charge is 0.416 e. The van der Waals surface area contributed by atoms with Crippen molar-refractivity contribution < 1.29 is 18.3 Å². The average Bonchev–Trinajstić information content (AvgIpc) is 3.32. The SMILES string of the molecule is CCCCCCCCC(c1cccc(-n2nc3ccc(C(F)(F)F)cc3n2)c1O)C(C)(C)c1ccccc1. The molecule has 0 aliphatic heterocycles. The number of hydrogen-bond donors (Lipinski definition) is 1. The Hall–Kier alpha value is -3.35. The maximum absolute atomic E-state index is 13.2. The number of unbranched alkanes of at least 4 members (excludes halogenated alkanes) is 5. The molecule has 0 spiro atoms. The summed E-state index contributed by atoms with van der Waals surface area (Å²) in [6.45, 7) is 6.62. The molecule has 202 valence electrons. The molecule has 4 rings (SSSR count). The van der Waals surface area contributed by atoms with Gasteiger partial charge < -0.3 is 5.11 Å². The van der Waals surface area contributed by atoms with E-state index in [-0.39, 0.29) is 22.6 Å². The van der Waals surface area contributed by atoms with Crippen molar-refractivity contribution >= 4 is 11.0 Å².